The van der Waals surface area contributed by atoms with Crippen LogP contribution in [-0.4, -0.2) is 23.8 Å². The fourth-order valence-corrected chi connectivity index (χ4v) is 3.32. The molecule has 138 valence electrons. The first-order valence-electron chi connectivity index (χ1n) is 9.02. The molecule has 0 aliphatic carbocycles. The molecule has 0 fully saturated rings. The van der Waals surface area contributed by atoms with Gasteiger partial charge in [0.2, 0.25) is 0 Å². The number of nitrogens with zero attached hydrogens (tertiary/aromatic N) is 1. The van der Waals surface area contributed by atoms with Gasteiger partial charge in [-0.25, -0.2) is 0 Å². The number of benzene rings is 3. The number of carbonyl (C=O) groups is 2. The fraction of sp³-hybridized carbons (Fsp3) is 0.0833. The number of rotatable bonds is 4. The van der Waals surface area contributed by atoms with E-state index in [2.05, 4.69) is 0 Å². The standard InChI is InChI=1S/C24H19NO3/c1-28-19-13-11-18(12-14-19)16-25-23(26)21-10-6-5-9-20(21)22(24(25)27)15-17-7-3-2-4-8-17/h2-15H,16H2,1H3/b22-15-. The van der Waals surface area contributed by atoms with Crippen molar-refractivity contribution < 1.29 is 14.3 Å². The molecule has 2 amide bonds. The maximum atomic E-state index is 13.2. The first-order valence-corrected chi connectivity index (χ1v) is 9.02. The van der Waals surface area contributed by atoms with Gasteiger partial charge in [0, 0.05) is 11.1 Å². The first kappa shape index (κ1) is 17.7. The van der Waals surface area contributed by atoms with Gasteiger partial charge in [-0.3, -0.25) is 14.5 Å². The molecular formula is C24H19NO3. The molecule has 0 atom stereocenters. The lowest BCUT2D eigenvalue weighted by atomic mass is 9.92. The lowest BCUT2D eigenvalue weighted by molar-refractivity contribution is -0.123. The molecule has 4 nitrogen and oxygen atoms in total. The van der Waals surface area contributed by atoms with Crippen molar-refractivity contribution in [3.8, 4) is 5.75 Å². The van der Waals surface area contributed by atoms with E-state index in [9.17, 15) is 9.59 Å². The highest BCUT2D eigenvalue weighted by Gasteiger charge is 2.34. The van der Waals surface area contributed by atoms with E-state index < -0.39 is 0 Å². The Hall–Kier alpha value is -3.66. The Morgan fingerprint density at radius 3 is 2.11 bits per heavy atom. The van der Waals surface area contributed by atoms with Crippen LogP contribution in [0.15, 0.2) is 78.9 Å². The van der Waals surface area contributed by atoms with E-state index in [0.717, 1.165) is 16.9 Å². The van der Waals surface area contributed by atoms with Gasteiger partial charge in [0.25, 0.3) is 11.8 Å². The minimum atomic E-state index is -0.289. The van der Waals surface area contributed by atoms with Crippen LogP contribution in [0.2, 0.25) is 0 Å². The van der Waals surface area contributed by atoms with E-state index in [0.29, 0.717) is 16.7 Å². The first-order chi connectivity index (χ1) is 13.7. The zero-order valence-electron chi connectivity index (χ0n) is 15.5. The summed E-state index contributed by atoms with van der Waals surface area (Å²) in [6, 6.07) is 24.3. The predicted octanol–water partition coefficient (Wildman–Crippen LogP) is 4.42. The maximum Gasteiger partial charge on any atom is 0.261 e. The van der Waals surface area contributed by atoms with Gasteiger partial charge < -0.3 is 4.74 Å². The van der Waals surface area contributed by atoms with Crippen LogP contribution in [0.25, 0.3) is 11.6 Å². The van der Waals surface area contributed by atoms with Crippen LogP contribution in [0.3, 0.4) is 0 Å². The summed E-state index contributed by atoms with van der Waals surface area (Å²) in [7, 11) is 1.60. The number of fused-ring (bicyclic) bond motifs is 1. The Labute approximate surface area is 163 Å². The summed E-state index contributed by atoms with van der Waals surface area (Å²) in [5.74, 6) is 0.167. The lowest BCUT2D eigenvalue weighted by Crippen LogP contribution is -2.41. The molecule has 4 heteroatoms. The molecule has 1 heterocycles. The van der Waals surface area contributed by atoms with Crippen LogP contribution >= 0.6 is 0 Å². The largest absolute Gasteiger partial charge is 0.497 e. The molecule has 1 aliphatic heterocycles. The van der Waals surface area contributed by atoms with E-state index in [4.69, 9.17) is 4.74 Å². The predicted molar refractivity (Wildman–Crippen MR) is 109 cm³/mol. The van der Waals surface area contributed by atoms with Crippen LogP contribution in [0.5, 0.6) is 5.75 Å². The van der Waals surface area contributed by atoms with Crippen LogP contribution in [0, 0.1) is 0 Å². The second kappa shape index (κ2) is 7.53. The van der Waals surface area contributed by atoms with Gasteiger partial charge >= 0.3 is 0 Å². The van der Waals surface area contributed by atoms with Gasteiger partial charge in [-0.05, 0) is 41.0 Å². The quantitative estimate of drug-likeness (QED) is 0.505. The Morgan fingerprint density at radius 2 is 1.43 bits per heavy atom. The van der Waals surface area contributed by atoms with E-state index in [1.807, 2.05) is 78.9 Å². The van der Waals surface area contributed by atoms with Crippen molar-refractivity contribution in [2.24, 2.45) is 0 Å². The Bertz CT molecular complexity index is 1050. The van der Waals surface area contributed by atoms with Crippen molar-refractivity contribution in [3.63, 3.8) is 0 Å². The van der Waals surface area contributed by atoms with Crippen molar-refractivity contribution in [2.75, 3.05) is 7.11 Å². The molecule has 0 unspecified atom stereocenters. The highest BCUT2D eigenvalue weighted by Crippen LogP contribution is 2.31. The topological polar surface area (TPSA) is 46.6 Å². The molecule has 0 spiro atoms. The Morgan fingerprint density at radius 1 is 0.786 bits per heavy atom. The molecule has 1 aliphatic rings. The lowest BCUT2D eigenvalue weighted by Gasteiger charge is -2.28. The molecule has 3 aromatic carbocycles. The van der Waals surface area contributed by atoms with E-state index >= 15 is 0 Å². The molecule has 0 saturated carbocycles. The van der Waals surface area contributed by atoms with Gasteiger partial charge in [0.1, 0.15) is 5.75 Å². The summed E-state index contributed by atoms with van der Waals surface area (Å²) in [5, 5.41) is 0. The van der Waals surface area contributed by atoms with Gasteiger partial charge in [-0.2, -0.15) is 0 Å². The molecule has 0 saturated heterocycles. The number of hydrogen-bond acceptors (Lipinski definition) is 3. The second-order valence-electron chi connectivity index (χ2n) is 6.56. The van der Waals surface area contributed by atoms with Crippen molar-refractivity contribution in [2.45, 2.75) is 6.54 Å². The minimum absolute atomic E-state index is 0.210. The van der Waals surface area contributed by atoms with Crippen molar-refractivity contribution >= 4 is 23.5 Å². The minimum Gasteiger partial charge on any atom is -0.497 e. The molecule has 3 aromatic rings. The zero-order chi connectivity index (χ0) is 19.5. The van der Waals surface area contributed by atoms with Crippen LogP contribution < -0.4 is 4.74 Å². The van der Waals surface area contributed by atoms with Gasteiger partial charge in [0.15, 0.2) is 0 Å². The average molecular weight is 369 g/mol. The van der Waals surface area contributed by atoms with Gasteiger partial charge in [-0.1, -0.05) is 60.7 Å². The SMILES string of the molecule is COc1ccc(CN2C(=O)/C(=C\c3ccccc3)c3ccccc3C2=O)cc1. The summed E-state index contributed by atoms with van der Waals surface area (Å²) in [5.41, 5.74) is 3.51. The summed E-state index contributed by atoms with van der Waals surface area (Å²) >= 11 is 0. The third-order valence-corrected chi connectivity index (χ3v) is 4.78. The van der Waals surface area contributed by atoms with Crippen molar-refractivity contribution in [1.29, 1.82) is 0 Å². The summed E-state index contributed by atoms with van der Waals surface area (Å²) < 4.78 is 5.17. The smallest absolute Gasteiger partial charge is 0.261 e. The van der Waals surface area contributed by atoms with Crippen LogP contribution in [-0.2, 0) is 11.3 Å². The van der Waals surface area contributed by atoms with E-state index in [1.165, 1.54) is 4.90 Å². The number of amides is 2. The molecule has 28 heavy (non-hydrogen) atoms. The molecule has 0 aromatic heterocycles. The third-order valence-electron chi connectivity index (χ3n) is 4.78. The third kappa shape index (κ3) is 3.32. The highest BCUT2D eigenvalue weighted by molar-refractivity contribution is 6.33. The van der Waals surface area contributed by atoms with Gasteiger partial charge in [0.05, 0.1) is 13.7 Å². The monoisotopic (exact) mass is 369 g/mol. The molecule has 4 rings (SSSR count). The number of methoxy groups -OCH3 is 1. The van der Waals surface area contributed by atoms with Crippen molar-refractivity contribution in [1.82, 2.24) is 4.90 Å². The summed E-state index contributed by atoms with van der Waals surface area (Å²) in [6.45, 7) is 0.210. The number of imide groups is 1. The Balaban J connectivity index is 1.75. The molecule has 0 bridgehead atoms. The van der Waals surface area contributed by atoms with E-state index in [1.54, 1.807) is 13.2 Å². The molecule has 0 radical (unpaired) electrons. The Kier molecular flexibility index (Phi) is 4.77. The zero-order valence-corrected chi connectivity index (χ0v) is 15.5. The molecular weight excluding hydrogens is 350 g/mol. The summed E-state index contributed by atoms with van der Waals surface area (Å²) in [6.07, 6.45) is 1.84. The van der Waals surface area contributed by atoms with E-state index in [-0.39, 0.29) is 18.4 Å². The number of hydrogen-bond donors (Lipinski definition) is 0. The summed E-state index contributed by atoms with van der Waals surface area (Å²) in [4.78, 5) is 27.6. The fourth-order valence-electron chi connectivity index (χ4n) is 3.32. The number of ether oxygens (including phenoxy) is 1. The molecule has 0 N–H and O–H groups in total. The average Bonchev–Trinajstić information content (AvgIpc) is 2.75. The second-order valence-corrected chi connectivity index (χ2v) is 6.56. The highest BCUT2D eigenvalue weighted by atomic mass is 16.5. The number of carbonyl (C=O) groups excluding carboxylic acids is 2. The maximum absolute atomic E-state index is 13.2. The van der Waals surface area contributed by atoms with Gasteiger partial charge in [-0.15, -0.1) is 0 Å². The van der Waals surface area contributed by atoms with Crippen LogP contribution in [0.4, 0.5) is 0 Å². The normalized spacial score (nSPS) is 14.9. The van der Waals surface area contributed by atoms with Crippen molar-refractivity contribution in [3.05, 3.63) is 101 Å². The van der Waals surface area contributed by atoms with Crippen LogP contribution in [0.1, 0.15) is 27.0 Å².